The summed E-state index contributed by atoms with van der Waals surface area (Å²) in [5.74, 6) is 0.328. The third kappa shape index (κ3) is 7.58. The van der Waals surface area contributed by atoms with E-state index < -0.39 is 0 Å². The van der Waals surface area contributed by atoms with Gasteiger partial charge in [0.1, 0.15) is 0 Å². The normalized spacial score (nSPS) is 22.5. The number of hydrogen-bond acceptors (Lipinski definition) is 2. The van der Waals surface area contributed by atoms with Gasteiger partial charge in [-0.25, -0.2) is 0 Å². The molecular formula is C24H43NO2. The number of amides is 2. The second-order valence-corrected chi connectivity index (χ2v) is 8.92. The summed E-state index contributed by atoms with van der Waals surface area (Å²) in [5, 5.41) is 0. The number of carbonyl (C=O) groups is 2. The summed E-state index contributed by atoms with van der Waals surface area (Å²) in [4.78, 5) is 26.4. The molecule has 1 saturated carbocycles. The molecule has 2 atom stereocenters. The monoisotopic (exact) mass is 377 g/mol. The zero-order chi connectivity index (χ0) is 19.3. The van der Waals surface area contributed by atoms with Gasteiger partial charge in [0.25, 0.3) is 0 Å². The molecule has 1 saturated heterocycles. The van der Waals surface area contributed by atoms with E-state index in [2.05, 4.69) is 6.92 Å². The minimum absolute atomic E-state index is 0.0258. The van der Waals surface area contributed by atoms with Gasteiger partial charge in [-0.3, -0.25) is 14.5 Å². The van der Waals surface area contributed by atoms with Crippen molar-refractivity contribution in [3.63, 3.8) is 0 Å². The SMILES string of the molecule is CCCCCCCCCCCCCCCCN1C(=O)[C@@H]2CCCC[C@H]2C1=O. The summed E-state index contributed by atoms with van der Waals surface area (Å²) in [7, 11) is 0. The number of likely N-dealkylation sites (tertiary alicyclic amines) is 1. The summed E-state index contributed by atoms with van der Waals surface area (Å²) >= 11 is 0. The molecule has 2 amide bonds. The highest BCUT2D eigenvalue weighted by Crippen LogP contribution is 2.38. The summed E-state index contributed by atoms with van der Waals surface area (Å²) in [6, 6.07) is 0. The number of carbonyl (C=O) groups excluding carboxylic acids is 2. The quantitative estimate of drug-likeness (QED) is 0.237. The Labute approximate surface area is 167 Å². The third-order valence-electron chi connectivity index (χ3n) is 6.67. The van der Waals surface area contributed by atoms with Crippen molar-refractivity contribution in [1.29, 1.82) is 0 Å². The van der Waals surface area contributed by atoms with Crippen molar-refractivity contribution in [3.8, 4) is 0 Å². The highest BCUT2D eigenvalue weighted by atomic mass is 16.2. The molecule has 0 N–H and O–H groups in total. The molecule has 156 valence electrons. The van der Waals surface area contributed by atoms with E-state index in [1.54, 1.807) is 4.90 Å². The van der Waals surface area contributed by atoms with Crippen LogP contribution in [0.5, 0.6) is 0 Å². The van der Waals surface area contributed by atoms with Crippen molar-refractivity contribution in [2.24, 2.45) is 11.8 Å². The maximum absolute atomic E-state index is 12.4. The molecule has 1 aliphatic carbocycles. The summed E-state index contributed by atoms with van der Waals surface area (Å²) in [6.07, 6.45) is 22.8. The van der Waals surface area contributed by atoms with E-state index in [1.165, 1.54) is 77.0 Å². The first-order chi connectivity index (χ1) is 13.3. The van der Waals surface area contributed by atoms with Gasteiger partial charge in [-0.05, 0) is 19.3 Å². The molecule has 0 radical (unpaired) electrons. The van der Waals surface area contributed by atoms with Gasteiger partial charge in [0, 0.05) is 6.54 Å². The predicted octanol–water partition coefficient (Wildman–Crippen LogP) is 6.64. The van der Waals surface area contributed by atoms with Gasteiger partial charge in [0.2, 0.25) is 11.8 Å². The molecule has 2 fully saturated rings. The van der Waals surface area contributed by atoms with Crippen LogP contribution in [0.4, 0.5) is 0 Å². The number of fused-ring (bicyclic) bond motifs is 1. The van der Waals surface area contributed by atoms with Crippen LogP contribution < -0.4 is 0 Å². The predicted molar refractivity (Wildman–Crippen MR) is 112 cm³/mol. The fraction of sp³-hybridized carbons (Fsp3) is 0.917. The number of rotatable bonds is 15. The van der Waals surface area contributed by atoms with Crippen LogP contribution in [0.1, 0.15) is 122 Å². The van der Waals surface area contributed by atoms with Crippen LogP contribution in [0.3, 0.4) is 0 Å². The lowest BCUT2D eigenvalue weighted by Crippen LogP contribution is -2.32. The Balaban J connectivity index is 1.40. The molecule has 0 aromatic rings. The third-order valence-corrected chi connectivity index (χ3v) is 6.67. The van der Waals surface area contributed by atoms with Crippen LogP contribution >= 0.6 is 0 Å². The first kappa shape index (κ1) is 22.4. The van der Waals surface area contributed by atoms with Gasteiger partial charge < -0.3 is 0 Å². The average molecular weight is 378 g/mol. The van der Waals surface area contributed by atoms with Crippen LogP contribution in [-0.4, -0.2) is 23.3 Å². The first-order valence-corrected chi connectivity index (χ1v) is 12.1. The molecular weight excluding hydrogens is 334 g/mol. The van der Waals surface area contributed by atoms with Crippen molar-refractivity contribution in [3.05, 3.63) is 0 Å². The smallest absolute Gasteiger partial charge is 0.233 e. The van der Waals surface area contributed by atoms with Crippen LogP contribution in [-0.2, 0) is 9.59 Å². The van der Waals surface area contributed by atoms with E-state index in [0.29, 0.717) is 6.54 Å². The van der Waals surface area contributed by atoms with Gasteiger partial charge in [-0.2, -0.15) is 0 Å². The molecule has 0 bridgehead atoms. The van der Waals surface area contributed by atoms with Gasteiger partial charge >= 0.3 is 0 Å². The number of imide groups is 1. The second kappa shape index (κ2) is 13.3. The highest BCUT2D eigenvalue weighted by Gasteiger charge is 2.47. The highest BCUT2D eigenvalue weighted by molar-refractivity contribution is 6.05. The molecule has 2 rings (SSSR count). The molecule has 27 heavy (non-hydrogen) atoms. The molecule has 2 aliphatic rings. The summed E-state index contributed by atoms with van der Waals surface area (Å²) < 4.78 is 0. The molecule has 3 nitrogen and oxygen atoms in total. The summed E-state index contributed by atoms with van der Waals surface area (Å²) in [6.45, 7) is 2.94. The molecule has 3 heteroatoms. The lowest BCUT2D eigenvalue weighted by molar-refractivity contribution is -0.139. The Morgan fingerprint density at radius 2 is 1.00 bits per heavy atom. The number of hydrogen-bond donors (Lipinski definition) is 0. The van der Waals surface area contributed by atoms with Crippen molar-refractivity contribution >= 4 is 11.8 Å². The standard InChI is InChI=1S/C24H43NO2/c1-2-3-4-5-6-7-8-9-10-11-12-13-14-17-20-25-23(26)21-18-15-16-19-22(21)24(25)27/h21-22H,2-20H2,1H3/t21-,22-/m1/s1. The molecule has 0 unspecified atom stereocenters. The van der Waals surface area contributed by atoms with Crippen LogP contribution in [0, 0.1) is 11.8 Å². The zero-order valence-corrected chi connectivity index (χ0v) is 17.9. The Morgan fingerprint density at radius 3 is 1.41 bits per heavy atom. The van der Waals surface area contributed by atoms with Crippen LogP contribution in [0.25, 0.3) is 0 Å². The lowest BCUT2D eigenvalue weighted by Gasteiger charge is -2.19. The van der Waals surface area contributed by atoms with Crippen LogP contribution in [0.15, 0.2) is 0 Å². The average Bonchev–Trinajstić information content (AvgIpc) is 2.93. The first-order valence-electron chi connectivity index (χ1n) is 12.1. The fourth-order valence-electron chi connectivity index (χ4n) is 4.92. The lowest BCUT2D eigenvalue weighted by atomic mass is 9.81. The van der Waals surface area contributed by atoms with Gasteiger partial charge in [0.05, 0.1) is 11.8 Å². The topological polar surface area (TPSA) is 37.4 Å². The van der Waals surface area contributed by atoms with E-state index in [9.17, 15) is 9.59 Å². The van der Waals surface area contributed by atoms with Gasteiger partial charge in [0.15, 0.2) is 0 Å². The molecule has 1 aliphatic heterocycles. The zero-order valence-electron chi connectivity index (χ0n) is 17.9. The molecule has 1 heterocycles. The largest absolute Gasteiger partial charge is 0.282 e. The van der Waals surface area contributed by atoms with Gasteiger partial charge in [-0.1, -0.05) is 103 Å². The van der Waals surface area contributed by atoms with Gasteiger partial charge in [-0.15, -0.1) is 0 Å². The molecule has 0 aromatic carbocycles. The Bertz CT molecular complexity index is 410. The van der Waals surface area contributed by atoms with Crippen LogP contribution in [0.2, 0.25) is 0 Å². The van der Waals surface area contributed by atoms with E-state index in [1.807, 2.05) is 0 Å². The van der Waals surface area contributed by atoms with Crippen molar-refractivity contribution in [2.45, 2.75) is 122 Å². The van der Waals surface area contributed by atoms with E-state index in [4.69, 9.17) is 0 Å². The molecule has 0 spiro atoms. The van der Waals surface area contributed by atoms with Crippen molar-refractivity contribution in [2.75, 3.05) is 6.54 Å². The Morgan fingerprint density at radius 1 is 0.630 bits per heavy atom. The fourth-order valence-corrected chi connectivity index (χ4v) is 4.92. The van der Waals surface area contributed by atoms with Crippen molar-refractivity contribution < 1.29 is 9.59 Å². The Kier molecular flexibility index (Phi) is 11.1. The minimum Gasteiger partial charge on any atom is -0.282 e. The maximum atomic E-state index is 12.4. The summed E-state index contributed by atoms with van der Waals surface area (Å²) in [5.41, 5.74) is 0. The van der Waals surface area contributed by atoms with E-state index in [0.717, 1.165) is 38.5 Å². The minimum atomic E-state index is 0.0258. The molecule has 0 aromatic heterocycles. The number of unbranched alkanes of at least 4 members (excludes halogenated alkanes) is 13. The van der Waals surface area contributed by atoms with Crippen molar-refractivity contribution in [1.82, 2.24) is 4.90 Å². The maximum Gasteiger partial charge on any atom is 0.233 e. The van der Waals surface area contributed by atoms with E-state index in [-0.39, 0.29) is 23.7 Å². The number of nitrogens with zero attached hydrogens (tertiary/aromatic N) is 1. The second-order valence-electron chi connectivity index (χ2n) is 8.92. The Hall–Kier alpha value is -0.860. The van der Waals surface area contributed by atoms with E-state index >= 15 is 0 Å².